The highest BCUT2D eigenvalue weighted by atomic mass is 32.2. The molecule has 2 aromatic carbocycles. The van der Waals surface area contributed by atoms with Gasteiger partial charge in [-0.1, -0.05) is 82.4 Å². The highest BCUT2D eigenvalue weighted by Crippen LogP contribution is 2.48. The first-order valence-electron chi connectivity index (χ1n) is 16.1. The van der Waals surface area contributed by atoms with Gasteiger partial charge in [0.2, 0.25) is 0 Å². The Morgan fingerprint density at radius 1 is 0.771 bits per heavy atom. The van der Waals surface area contributed by atoms with Gasteiger partial charge < -0.3 is 14.9 Å². The van der Waals surface area contributed by atoms with Crippen LogP contribution in [0.15, 0.2) is 90.7 Å². The van der Waals surface area contributed by atoms with E-state index in [1.54, 1.807) is 12.1 Å². The van der Waals surface area contributed by atoms with Gasteiger partial charge in [0.15, 0.2) is 0 Å². The molecule has 2 aliphatic rings. The molecular formula is C36H46N2O8S2. The van der Waals surface area contributed by atoms with E-state index in [-0.39, 0.29) is 28.5 Å². The number of fused-ring (bicyclic) bond motifs is 2. The molecule has 0 saturated carbocycles. The van der Waals surface area contributed by atoms with Gasteiger partial charge in [-0.25, -0.2) is 4.79 Å². The average Bonchev–Trinajstić information content (AvgIpc) is 3.34. The number of hydrogen-bond acceptors (Lipinski definition) is 7. The minimum Gasteiger partial charge on any atom is -0.478 e. The fraction of sp³-hybridized carbons (Fsp3) is 0.417. The van der Waals surface area contributed by atoms with E-state index in [1.807, 2.05) is 48.6 Å². The maximum absolute atomic E-state index is 11.7. The Balaban J connectivity index is 1.50. The molecule has 2 aromatic rings. The summed E-state index contributed by atoms with van der Waals surface area (Å²) in [6.07, 6.45) is 15.7. The Morgan fingerprint density at radius 3 is 2.02 bits per heavy atom. The van der Waals surface area contributed by atoms with Crippen molar-refractivity contribution in [2.24, 2.45) is 0 Å². The number of benzene rings is 2. The minimum absolute atomic E-state index is 0.120. The van der Waals surface area contributed by atoms with Gasteiger partial charge in [0, 0.05) is 41.0 Å². The summed E-state index contributed by atoms with van der Waals surface area (Å²) in [6.45, 7) is 9.62. The summed E-state index contributed by atoms with van der Waals surface area (Å²) in [5, 5.41) is 9.59. The molecule has 260 valence electrons. The fourth-order valence-corrected chi connectivity index (χ4v) is 7.89. The summed E-state index contributed by atoms with van der Waals surface area (Å²) >= 11 is 0. The van der Waals surface area contributed by atoms with Crippen LogP contribution < -0.4 is 9.80 Å². The lowest BCUT2D eigenvalue weighted by Gasteiger charge is -2.32. The standard InChI is InChI=1S/C36H46N2O8S2/c1-35(2)28-16-10-11-17-30(28)37(22-12-14-24-47(41,42)43)32(35)18-8-6-5-7-9-19-33-36(3,4)29-26-27(34(39)40)20-21-31(29)38(33)23-13-15-25-48(44,45)46/h5-11,16-21,26,33H,12-15,22-25H2,1-4H3,(H,39,40)(H,41,42,43)(H,44,45,46). The maximum Gasteiger partial charge on any atom is 0.335 e. The van der Waals surface area contributed by atoms with E-state index in [2.05, 4.69) is 61.8 Å². The van der Waals surface area contributed by atoms with E-state index in [0.29, 0.717) is 38.8 Å². The van der Waals surface area contributed by atoms with Gasteiger partial charge >= 0.3 is 5.97 Å². The predicted octanol–water partition coefficient (Wildman–Crippen LogP) is 6.54. The average molecular weight is 699 g/mol. The van der Waals surface area contributed by atoms with Crippen LogP contribution in [0, 0.1) is 0 Å². The smallest absolute Gasteiger partial charge is 0.335 e. The van der Waals surface area contributed by atoms with Crippen LogP contribution in [0.4, 0.5) is 11.4 Å². The number of carbonyl (C=O) groups is 1. The topological polar surface area (TPSA) is 153 Å². The summed E-state index contributed by atoms with van der Waals surface area (Å²) in [5.41, 5.74) is 4.70. The highest BCUT2D eigenvalue weighted by Gasteiger charge is 2.43. The van der Waals surface area contributed by atoms with Gasteiger partial charge in [0.05, 0.1) is 23.1 Å². The second kappa shape index (κ2) is 14.8. The summed E-state index contributed by atoms with van der Waals surface area (Å²) < 4.78 is 63.1. The molecule has 10 nitrogen and oxygen atoms in total. The van der Waals surface area contributed by atoms with Crippen molar-refractivity contribution in [3.8, 4) is 0 Å². The maximum atomic E-state index is 11.7. The van der Waals surface area contributed by atoms with Crippen LogP contribution in [0.3, 0.4) is 0 Å². The van der Waals surface area contributed by atoms with E-state index in [0.717, 1.165) is 22.6 Å². The molecule has 0 spiro atoms. The zero-order valence-electron chi connectivity index (χ0n) is 27.9. The normalized spacial score (nSPS) is 19.6. The van der Waals surface area contributed by atoms with Crippen molar-refractivity contribution in [2.45, 2.75) is 70.3 Å². The number of unbranched alkanes of at least 4 members (excludes halogenated alkanes) is 2. The van der Waals surface area contributed by atoms with Gasteiger partial charge in [-0.3, -0.25) is 9.11 Å². The van der Waals surface area contributed by atoms with Gasteiger partial charge in [-0.2, -0.15) is 16.8 Å². The Hall–Kier alpha value is -3.71. The second-order valence-corrected chi connectivity index (χ2v) is 16.5. The molecule has 0 aliphatic carbocycles. The van der Waals surface area contributed by atoms with Gasteiger partial charge in [-0.05, 0) is 67.2 Å². The van der Waals surface area contributed by atoms with Crippen LogP contribution in [0.25, 0.3) is 0 Å². The summed E-state index contributed by atoms with van der Waals surface area (Å²) in [4.78, 5) is 16.1. The van der Waals surface area contributed by atoms with E-state index in [4.69, 9.17) is 9.11 Å². The molecule has 1 unspecified atom stereocenters. The minimum atomic E-state index is -4.05. The molecule has 2 aliphatic heterocycles. The molecule has 0 amide bonds. The van der Waals surface area contributed by atoms with Crippen LogP contribution in [-0.4, -0.2) is 67.7 Å². The van der Waals surface area contributed by atoms with Crippen molar-refractivity contribution in [3.05, 3.63) is 107 Å². The molecule has 0 bridgehead atoms. The number of carboxylic acid groups (broad SMARTS) is 1. The third-order valence-corrected chi connectivity index (χ3v) is 10.8. The number of anilines is 2. The van der Waals surface area contributed by atoms with E-state index >= 15 is 0 Å². The van der Waals surface area contributed by atoms with Crippen molar-refractivity contribution in [2.75, 3.05) is 34.4 Å². The van der Waals surface area contributed by atoms with Crippen LogP contribution in [-0.2, 0) is 31.1 Å². The molecule has 48 heavy (non-hydrogen) atoms. The molecular weight excluding hydrogens is 653 g/mol. The molecule has 0 saturated heterocycles. The van der Waals surface area contributed by atoms with Gasteiger partial charge in [0.1, 0.15) is 0 Å². The Morgan fingerprint density at radius 2 is 1.38 bits per heavy atom. The van der Waals surface area contributed by atoms with Crippen LogP contribution >= 0.6 is 0 Å². The fourth-order valence-electron chi connectivity index (χ4n) is 6.75. The molecule has 2 heterocycles. The lowest BCUT2D eigenvalue weighted by molar-refractivity contribution is 0.0696. The molecule has 4 rings (SSSR count). The SMILES string of the molecule is CC1(C)C(=CC=CC=CC=CC2N(CCCCS(=O)(=O)O)c3ccc(C(=O)O)cc3C2(C)C)N(CCCCS(=O)(=O)O)c2ccccc21. The summed E-state index contributed by atoms with van der Waals surface area (Å²) in [5.74, 6) is -1.57. The lowest BCUT2D eigenvalue weighted by atomic mass is 9.80. The number of hydrogen-bond donors (Lipinski definition) is 3. The number of allylic oxidation sites excluding steroid dienone is 7. The largest absolute Gasteiger partial charge is 0.478 e. The van der Waals surface area contributed by atoms with E-state index < -0.39 is 31.6 Å². The number of rotatable bonds is 15. The highest BCUT2D eigenvalue weighted by molar-refractivity contribution is 7.86. The second-order valence-electron chi connectivity index (χ2n) is 13.4. The van der Waals surface area contributed by atoms with Crippen LogP contribution in [0.2, 0.25) is 0 Å². The molecule has 0 aromatic heterocycles. The lowest BCUT2D eigenvalue weighted by Crippen LogP contribution is -2.40. The third kappa shape index (κ3) is 8.84. The van der Waals surface area contributed by atoms with E-state index in [1.165, 1.54) is 5.56 Å². The Kier molecular flexibility index (Phi) is 11.5. The van der Waals surface area contributed by atoms with Crippen molar-refractivity contribution in [3.63, 3.8) is 0 Å². The Labute approximate surface area is 284 Å². The quantitative estimate of drug-likeness (QED) is 0.106. The van der Waals surface area contributed by atoms with Crippen LogP contribution in [0.1, 0.15) is 74.9 Å². The first kappa shape index (κ1) is 37.1. The van der Waals surface area contributed by atoms with Crippen molar-refractivity contribution in [1.29, 1.82) is 0 Å². The monoisotopic (exact) mass is 698 g/mol. The first-order chi connectivity index (χ1) is 22.4. The summed E-state index contributed by atoms with van der Waals surface area (Å²) in [7, 11) is -8.04. The third-order valence-electron chi connectivity index (χ3n) is 9.20. The zero-order chi connectivity index (χ0) is 35.3. The predicted molar refractivity (Wildman–Crippen MR) is 191 cm³/mol. The molecule has 0 radical (unpaired) electrons. The molecule has 1 atom stereocenters. The number of carboxylic acids is 1. The molecule has 12 heteroatoms. The van der Waals surface area contributed by atoms with Crippen molar-refractivity contribution < 1.29 is 35.8 Å². The van der Waals surface area contributed by atoms with E-state index in [9.17, 15) is 26.7 Å². The Bertz CT molecular complexity index is 1840. The number of para-hydroxylation sites is 1. The summed E-state index contributed by atoms with van der Waals surface area (Å²) in [6, 6.07) is 13.2. The zero-order valence-corrected chi connectivity index (χ0v) is 29.5. The molecule has 0 fully saturated rings. The van der Waals surface area contributed by atoms with Crippen molar-refractivity contribution in [1.82, 2.24) is 0 Å². The van der Waals surface area contributed by atoms with Crippen LogP contribution in [0.5, 0.6) is 0 Å². The number of aromatic carboxylic acids is 1. The number of nitrogens with zero attached hydrogens (tertiary/aromatic N) is 2. The van der Waals surface area contributed by atoms with Crippen molar-refractivity contribution >= 4 is 37.6 Å². The van der Waals surface area contributed by atoms with Gasteiger partial charge in [0.25, 0.3) is 20.2 Å². The first-order valence-corrected chi connectivity index (χ1v) is 19.3. The molecule has 3 N–H and O–H groups in total. The van der Waals surface area contributed by atoms with Gasteiger partial charge in [-0.15, -0.1) is 0 Å².